The molecular formula is C16H18N4S. The predicted molar refractivity (Wildman–Crippen MR) is 85.5 cm³/mol. The number of nitrogens with one attached hydrogen (secondary N) is 1. The number of aromatic nitrogens is 3. The lowest BCUT2D eigenvalue weighted by Gasteiger charge is -2.23. The molecule has 4 heterocycles. The van der Waals surface area contributed by atoms with Gasteiger partial charge in [-0.1, -0.05) is 12.5 Å². The molecular weight excluding hydrogens is 280 g/mol. The topological polar surface area (TPSA) is 42.7 Å². The number of rotatable bonds is 3. The number of fused-ring (bicyclic) bond motifs is 1. The van der Waals surface area contributed by atoms with Crippen LogP contribution in [-0.4, -0.2) is 21.1 Å². The molecule has 0 radical (unpaired) electrons. The monoisotopic (exact) mass is 298 g/mol. The summed E-state index contributed by atoms with van der Waals surface area (Å²) in [5, 5.41) is 5.73. The minimum atomic E-state index is 0.355. The van der Waals surface area contributed by atoms with Crippen molar-refractivity contribution in [3.63, 3.8) is 0 Å². The lowest BCUT2D eigenvalue weighted by molar-refractivity contribution is 0.389. The van der Waals surface area contributed by atoms with Crippen molar-refractivity contribution in [2.24, 2.45) is 0 Å². The highest BCUT2D eigenvalue weighted by atomic mass is 32.1. The van der Waals surface area contributed by atoms with Crippen LogP contribution in [0.4, 0.5) is 0 Å². The van der Waals surface area contributed by atoms with E-state index in [1.165, 1.54) is 17.7 Å². The van der Waals surface area contributed by atoms with Gasteiger partial charge in [0.1, 0.15) is 11.3 Å². The van der Waals surface area contributed by atoms with Crippen molar-refractivity contribution in [1.82, 2.24) is 19.9 Å². The Hall–Kier alpha value is -1.72. The van der Waals surface area contributed by atoms with Crippen LogP contribution >= 0.6 is 11.3 Å². The Balaban J connectivity index is 1.80. The second kappa shape index (κ2) is 5.58. The van der Waals surface area contributed by atoms with E-state index in [0.29, 0.717) is 6.04 Å². The van der Waals surface area contributed by atoms with Crippen LogP contribution in [0.3, 0.4) is 0 Å². The lowest BCUT2D eigenvalue weighted by atomic mass is 10.0. The fourth-order valence-corrected chi connectivity index (χ4v) is 3.72. The van der Waals surface area contributed by atoms with Crippen molar-refractivity contribution >= 4 is 22.5 Å². The fourth-order valence-electron chi connectivity index (χ4n) is 3.03. The zero-order valence-electron chi connectivity index (χ0n) is 11.8. The van der Waals surface area contributed by atoms with Gasteiger partial charge in [0.05, 0.1) is 12.6 Å². The molecule has 1 saturated heterocycles. The van der Waals surface area contributed by atoms with Crippen LogP contribution in [0.25, 0.3) is 11.2 Å². The molecule has 0 spiro atoms. The van der Waals surface area contributed by atoms with Gasteiger partial charge in [-0.15, -0.1) is 11.3 Å². The Morgan fingerprint density at radius 1 is 1.29 bits per heavy atom. The maximum Gasteiger partial charge on any atom is 0.160 e. The van der Waals surface area contributed by atoms with Crippen LogP contribution in [0.2, 0.25) is 0 Å². The molecule has 5 heteroatoms. The molecule has 1 fully saturated rings. The first-order chi connectivity index (χ1) is 10.4. The van der Waals surface area contributed by atoms with Crippen molar-refractivity contribution in [2.75, 3.05) is 6.54 Å². The van der Waals surface area contributed by atoms with Gasteiger partial charge >= 0.3 is 0 Å². The molecule has 0 amide bonds. The van der Waals surface area contributed by atoms with Gasteiger partial charge in [0.25, 0.3) is 0 Å². The highest BCUT2D eigenvalue weighted by Crippen LogP contribution is 2.26. The van der Waals surface area contributed by atoms with E-state index in [4.69, 9.17) is 4.98 Å². The van der Waals surface area contributed by atoms with Gasteiger partial charge in [-0.25, -0.2) is 9.97 Å². The molecule has 0 aromatic carbocycles. The maximum atomic E-state index is 4.86. The molecule has 0 aliphatic carbocycles. The summed E-state index contributed by atoms with van der Waals surface area (Å²) in [4.78, 5) is 10.8. The molecule has 4 nitrogen and oxygen atoms in total. The van der Waals surface area contributed by atoms with Crippen LogP contribution in [-0.2, 0) is 6.54 Å². The number of nitrogens with zero attached hydrogens (tertiary/aromatic N) is 3. The summed E-state index contributed by atoms with van der Waals surface area (Å²) in [6.07, 6.45) is 5.55. The van der Waals surface area contributed by atoms with Crippen molar-refractivity contribution in [2.45, 2.75) is 31.8 Å². The molecule has 4 rings (SSSR count). The average Bonchev–Trinajstić information content (AvgIpc) is 3.17. The summed E-state index contributed by atoms with van der Waals surface area (Å²) in [6.45, 7) is 1.94. The quantitative estimate of drug-likeness (QED) is 0.806. The maximum absolute atomic E-state index is 4.86. The Bertz CT molecular complexity index is 726. The number of hydrogen-bond donors (Lipinski definition) is 1. The van der Waals surface area contributed by atoms with Crippen molar-refractivity contribution in [1.29, 1.82) is 0 Å². The first-order valence-electron chi connectivity index (χ1n) is 7.49. The molecule has 1 atom stereocenters. The minimum Gasteiger partial charge on any atom is -0.307 e. The third kappa shape index (κ3) is 2.47. The minimum absolute atomic E-state index is 0.355. The van der Waals surface area contributed by atoms with Crippen molar-refractivity contribution in [3.8, 4) is 0 Å². The summed E-state index contributed by atoms with van der Waals surface area (Å²) in [5.74, 6) is 1.14. The van der Waals surface area contributed by atoms with Crippen molar-refractivity contribution < 1.29 is 0 Å². The van der Waals surface area contributed by atoms with Crippen LogP contribution in [0, 0.1) is 0 Å². The summed E-state index contributed by atoms with van der Waals surface area (Å²) < 4.78 is 2.28. The highest BCUT2D eigenvalue weighted by Gasteiger charge is 2.22. The molecule has 1 aliphatic heterocycles. The van der Waals surface area contributed by atoms with Gasteiger partial charge in [-0.3, -0.25) is 0 Å². The van der Waals surface area contributed by atoms with Crippen LogP contribution in [0.1, 0.15) is 36.0 Å². The zero-order chi connectivity index (χ0) is 14.1. The number of thiophene rings is 1. The molecule has 3 aromatic rings. The standard InChI is InChI=1S/C16H18N4S/c1-2-8-17-13(6-1)16-19-14-7-3-9-18-15(14)20(16)11-12-5-4-10-21-12/h3-5,7,9-10,13,17H,1-2,6,8,11H2. The summed E-state index contributed by atoms with van der Waals surface area (Å²) in [7, 11) is 0. The number of pyridine rings is 1. The molecule has 3 aromatic heterocycles. The van der Waals surface area contributed by atoms with Gasteiger partial charge in [-0.2, -0.15) is 0 Å². The van der Waals surface area contributed by atoms with E-state index in [2.05, 4.69) is 38.4 Å². The predicted octanol–water partition coefficient (Wildman–Crippen LogP) is 3.36. The van der Waals surface area contributed by atoms with Gasteiger partial charge in [-0.05, 0) is 43.0 Å². The molecule has 1 aliphatic rings. The van der Waals surface area contributed by atoms with E-state index in [0.717, 1.165) is 36.5 Å². The average molecular weight is 298 g/mol. The summed E-state index contributed by atoms with van der Waals surface area (Å²) in [5.41, 5.74) is 1.99. The van der Waals surface area contributed by atoms with E-state index in [1.54, 1.807) is 11.3 Å². The second-order valence-electron chi connectivity index (χ2n) is 5.48. The smallest absolute Gasteiger partial charge is 0.160 e. The SMILES string of the molecule is c1csc(Cn2c(C3CCCCN3)nc3cccnc32)c1. The number of hydrogen-bond acceptors (Lipinski definition) is 4. The third-order valence-electron chi connectivity index (χ3n) is 4.05. The summed E-state index contributed by atoms with van der Waals surface area (Å²) in [6, 6.07) is 8.65. The normalized spacial score (nSPS) is 19.1. The Morgan fingerprint density at radius 3 is 3.10 bits per heavy atom. The van der Waals surface area contributed by atoms with E-state index in [9.17, 15) is 0 Å². The van der Waals surface area contributed by atoms with E-state index >= 15 is 0 Å². The highest BCUT2D eigenvalue weighted by molar-refractivity contribution is 7.09. The van der Waals surface area contributed by atoms with Crippen LogP contribution in [0.15, 0.2) is 35.8 Å². The Kier molecular flexibility index (Phi) is 3.45. The molecule has 1 unspecified atom stereocenters. The largest absolute Gasteiger partial charge is 0.307 e. The third-order valence-corrected chi connectivity index (χ3v) is 4.91. The van der Waals surface area contributed by atoms with E-state index < -0.39 is 0 Å². The molecule has 108 valence electrons. The fraction of sp³-hybridized carbons (Fsp3) is 0.375. The van der Waals surface area contributed by atoms with Gasteiger partial charge in [0.2, 0.25) is 0 Å². The van der Waals surface area contributed by atoms with Gasteiger partial charge < -0.3 is 9.88 Å². The molecule has 0 saturated carbocycles. The number of imidazole rings is 1. The Labute approximate surface area is 127 Å². The number of piperidine rings is 1. The molecule has 21 heavy (non-hydrogen) atoms. The zero-order valence-corrected chi connectivity index (χ0v) is 12.6. The second-order valence-corrected chi connectivity index (χ2v) is 6.52. The van der Waals surface area contributed by atoms with E-state index in [-0.39, 0.29) is 0 Å². The summed E-state index contributed by atoms with van der Waals surface area (Å²) >= 11 is 1.79. The first-order valence-corrected chi connectivity index (χ1v) is 8.37. The molecule has 1 N–H and O–H groups in total. The van der Waals surface area contributed by atoms with E-state index in [1.807, 2.05) is 12.3 Å². The van der Waals surface area contributed by atoms with Gasteiger partial charge in [0, 0.05) is 11.1 Å². The van der Waals surface area contributed by atoms with Crippen molar-refractivity contribution in [3.05, 3.63) is 46.5 Å². The first kappa shape index (κ1) is 13.0. The lowest BCUT2D eigenvalue weighted by Crippen LogP contribution is -2.29. The van der Waals surface area contributed by atoms with Crippen LogP contribution < -0.4 is 5.32 Å². The molecule has 0 bridgehead atoms. The van der Waals surface area contributed by atoms with Crippen LogP contribution in [0.5, 0.6) is 0 Å². The van der Waals surface area contributed by atoms with Gasteiger partial charge in [0.15, 0.2) is 5.65 Å². The Morgan fingerprint density at radius 2 is 2.29 bits per heavy atom.